The predicted octanol–water partition coefficient (Wildman–Crippen LogP) is 3.95. The zero-order chi connectivity index (χ0) is 20.1. The lowest BCUT2D eigenvalue weighted by atomic mass is 9.89. The van der Waals surface area contributed by atoms with Gasteiger partial charge in [0.25, 0.3) is 0 Å². The van der Waals surface area contributed by atoms with Crippen LogP contribution in [-0.2, 0) is 6.54 Å². The number of hydrogen-bond acceptors (Lipinski definition) is 5. The Morgan fingerprint density at radius 3 is 2.57 bits per heavy atom. The molecule has 0 saturated carbocycles. The number of carbonyl (C=O) groups excluding carboxylic acids is 1. The van der Waals surface area contributed by atoms with Crippen molar-refractivity contribution in [2.75, 3.05) is 34.4 Å². The highest BCUT2D eigenvalue weighted by molar-refractivity contribution is 5.98. The maximum absolute atomic E-state index is 14.2. The molecule has 150 valence electrons. The summed E-state index contributed by atoms with van der Waals surface area (Å²) in [4.78, 5) is 15.1. The molecule has 0 bridgehead atoms. The minimum absolute atomic E-state index is 0.0803. The first-order valence-electron chi connectivity index (χ1n) is 9.36. The summed E-state index contributed by atoms with van der Waals surface area (Å²) in [6.07, 6.45) is 1.72. The Morgan fingerprint density at radius 1 is 1.07 bits per heavy atom. The summed E-state index contributed by atoms with van der Waals surface area (Å²) in [7, 11) is 4.68. The highest BCUT2D eigenvalue weighted by Crippen LogP contribution is 2.30. The molecular weight excluding hydrogens is 361 g/mol. The average Bonchev–Trinajstić information content (AvgIpc) is 2.74. The number of carbonyl (C=O) groups is 1. The third-order valence-corrected chi connectivity index (χ3v) is 5.19. The quantitative estimate of drug-likeness (QED) is 0.674. The first kappa shape index (κ1) is 20.1. The van der Waals surface area contributed by atoms with Crippen LogP contribution >= 0.6 is 0 Å². The van der Waals surface area contributed by atoms with Gasteiger partial charge in [-0.1, -0.05) is 0 Å². The molecule has 1 heterocycles. The number of benzene rings is 2. The average molecular weight is 387 g/mol. The molecule has 0 unspecified atom stereocenters. The van der Waals surface area contributed by atoms with E-state index < -0.39 is 0 Å². The molecule has 2 aromatic rings. The molecule has 3 rings (SSSR count). The predicted molar refractivity (Wildman–Crippen MR) is 105 cm³/mol. The van der Waals surface area contributed by atoms with Gasteiger partial charge in [0.1, 0.15) is 11.6 Å². The van der Waals surface area contributed by atoms with Gasteiger partial charge in [0, 0.05) is 30.1 Å². The van der Waals surface area contributed by atoms with Gasteiger partial charge in [0.15, 0.2) is 17.3 Å². The fraction of sp³-hybridized carbons (Fsp3) is 0.409. The van der Waals surface area contributed by atoms with Gasteiger partial charge in [-0.05, 0) is 55.8 Å². The number of likely N-dealkylation sites (tertiary alicyclic amines) is 1. The third kappa shape index (κ3) is 4.44. The molecule has 5 nitrogen and oxygen atoms in total. The largest absolute Gasteiger partial charge is 0.497 e. The van der Waals surface area contributed by atoms with Crippen molar-refractivity contribution in [3.63, 3.8) is 0 Å². The molecule has 0 amide bonds. The van der Waals surface area contributed by atoms with Crippen LogP contribution in [0.25, 0.3) is 0 Å². The van der Waals surface area contributed by atoms with Gasteiger partial charge in [-0.3, -0.25) is 9.69 Å². The monoisotopic (exact) mass is 387 g/mol. The Kier molecular flexibility index (Phi) is 6.52. The number of halogens is 1. The Bertz CT molecular complexity index is 839. The Hall–Kier alpha value is -2.60. The lowest BCUT2D eigenvalue weighted by molar-refractivity contribution is 0.0810. The van der Waals surface area contributed by atoms with Crippen LogP contribution in [0.2, 0.25) is 0 Å². The van der Waals surface area contributed by atoms with Crippen LogP contribution < -0.4 is 14.2 Å². The molecule has 0 aromatic heterocycles. The van der Waals surface area contributed by atoms with Crippen LogP contribution in [0.15, 0.2) is 36.4 Å². The van der Waals surface area contributed by atoms with Crippen molar-refractivity contribution in [1.29, 1.82) is 0 Å². The van der Waals surface area contributed by atoms with Crippen LogP contribution in [0, 0.1) is 11.7 Å². The second-order valence-electron chi connectivity index (χ2n) is 6.97. The van der Waals surface area contributed by atoms with E-state index in [1.165, 1.54) is 6.07 Å². The van der Waals surface area contributed by atoms with E-state index in [0.29, 0.717) is 41.5 Å². The van der Waals surface area contributed by atoms with Gasteiger partial charge >= 0.3 is 0 Å². The van der Waals surface area contributed by atoms with Crippen LogP contribution in [0.1, 0.15) is 28.8 Å². The van der Waals surface area contributed by atoms with Crippen molar-refractivity contribution < 1.29 is 23.4 Å². The van der Waals surface area contributed by atoms with Crippen molar-refractivity contribution >= 4 is 5.78 Å². The van der Waals surface area contributed by atoms with Gasteiger partial charge < -0.3 is 14.2 Å². The van der Waals surface area contributed by atoms with E-state index >= 15 is 0 Å². The van der Waals surface area contributed by atoms with Gasteiger partial charge in [-0.2, -0.15) is 0 Å². The Balaban J connectivity index is 1.72. The molecule has 1 aliphatic rings. The highest BCUT2D eigenvalue weighted by atomic mass is 19.1. The molecule has 0 spiro atoms. The number of hydrogen-bond donors (Lipinski definition) is 0. The first-order valence-corrected chi connectivity index (χ1v) is 9.36. The van der Waals surface area contributed by atoms with Gasteiger partial charge in [-0.15, -0.1) is 0 Å². The number of Topliss-reactive ketones (excluding diaryl/α,β-unsaturated/α-hetero) is 1. The van der Waals surface area contributed by atoms with E-state index in [0.717, 1.165) is 19.4 Å². The van der Waals surface area contributed by atoms with E-state index in [9.17, 15) is 9.18 Å². The van der Waals surface area contributed by atoms with Crippen molar-refractivity contribution in [2.45, 2.75) is 19.4 Å². The Labute approximate surface area is 165 Å². The molecule has 1 atom stereocenters. The van der Waals surface area contributed by atoms with Crippen molar-refractivity contribution in [3.8, 4) is 17.2 Å². The molecule has 1 saturated heterocycles. The van der Waals surface area contributed by atoms with E-state index in [-0.39, 0.29) is 17.5 Å². The summed E-state index contributed by atoms with van der Waals surface area (Å²) >= 11 is 0. The van der Waals surface area contributed by atoms with E-state index in [4.69, 9.17) is 14.2 Å². The molecular formula is C22H26FNO4. The second-order valence-corrected chi connectivity index (χ2v) is 6.97. The minimum atomic E-state index is -0.255. The van der Waals surface area contributed by atoms with Crippen molar-refractivity contribution in [1.82, 2.24) is 4.90 Å². The first-order chi connectivity index (χ1) is 13.5. The summed E-state index contributed by atoms with van der Waals surface area (Å²) in [5.74, 6) is 1.47. The van der Waals surface area contributed by atoms with Crippen LogP contribution in [0.5, 0.6) is 17.2 Å². The minimum Gasteiger partial charge on any atom is -0.497 e. The zero-order valence-electron chi connectivity index (χ0n) is 16.5. The van der Waals surface area contributed by atoms with Crippen LogP contribution in [0.4, 0.5) is 4.39 Å². The molecule has 0 aliphatic carbocycles. The van der Waals surface area contributed by atoms with Gasteiger partial charge in [-0.25, -0.2) is 4.39 Å². The molecule has 0 N–H and O–H groups in total. The van der Waals surface area contributed by atoms with Crippen molar-refractivity contribution in [3.05, 3.63) is 53.3 Å². The lowest BCUT2D eigenvalue weighted by Gasteiger charge is -2.32. The van der Waals surface area contributed by atoms with E-state index in [2.05, 4.69) is 4.90 Å². The number of nitrogens with zero attached hydrogens (tertiary/aromatic N) is 1. The smallest absolute Gasteiger partial charge is 0.167 e. The zero-order valence-corrected chi connectivity index (χ0v) is 16.5. The van der Waals surface area contributed by atoms with Crippen LogP contribution in [0.3, 0.4) is 0 Å². The number of ether oxygens (including phenoxy) is 3. The molecule has 0 radical (unpaired) electrons. The molecule has 28 heavy (non-hydrogen) atoms. The second kappa shape index (κ2) is 9.06. The van der Waals surface area contributed by atoms with Gasteiger partial charge in [0.2, 0.25) is 0 Å². The fourth-order valence-corrected chi connectivity index (χ4v) is 3.68. The Morgan fingerprint density at radius 2 is 1.86 bits per heavy atom. The third-order valence-electron chi connectivity index (χ3n) is 5.19. The number of ketones is 1. The number of methoxy groups -OCH3 is 3. The normalized spacial score (nSPS) is 17.2. The fourth-order valence-electron chi connectivity index (χ4n) is 3.68. The van der Waals surface area contributed by atoms with E-state index in [1.54, 1.807) is 51.7 Å². The highest BCUT2D eigenvalue weighted by Gasteiger charge is 2.27. The maximum atomic E-state index is 14.2. The van der Waals surface area contributed by atoms with Crippen molar-refractivity contribution in [2.24, 2.45) is 5.92 Å². The molecule has 1 aliphatic heterocycles. The SMILES string of the molecule is COc1ccc(F)c(CN2CCC[C@@H](C(=O)c3ccc(OC)c(OC)c3)C2)c1. The summed E-state index contributed by atoms with van der Waals surface area (Å²) in [6, 6.07) is 9.99. The summed E-state index contributed by atoms with van der Waals surface area (Å²) < 4.78 is 29.9. The summed E-state index contributed by atoms with van der Waals surface area (Å²) in [5, 5.41) is 0. The van der Waals surface area contributed by atoms with Gasteiger partial charge in [0.05, 0.1) is 21.3 Å². The molecule has 1 fully saturated rings. The standard InChI is InChI=1S/C22H26FNO4/c1-26-18-7-8-19(23)17(11-18)14-24-10-4-5-16(13-24)22(25)15-6-9-20(27-2)21(12-15)28-3/h6-9,11-12,16H,4-5,10,13-14H2,1-3H3/t16-/m1/s1. The van der Waals surface area contributed by atoms with Crippen LogP contribution in [-0.4, -0.2) is 45.1 Å². The topological polar surface area (TPSA) is 48.0 Å². The molecule has 2 aromatic carbocycles. The maximum Gasteiger partial charge on any atom is 0.167 e. The number of rotatable bonds is 7. The molecule has 6 heteroatoms. The lowest BCUT2D eigenvalue weighted by Crippen LogP contribution is -2.38. The number of piperidine rings is 1. The summed E-state index contributed by atoms with van der Waals surface area (Å²) in [6.45, 7) is 1.90. The van der Waals surface area contributed by atoms with E-state index in [1.807, 2.05) is 0 Å². The summed E-state index contributed by atoms with van der Waals surface area (Å²) in [5.41, 5.74) is 1.19.